The summed E-state index contributed by atoms with van der Waals surface area (Å²) in [5, 5.41) is 4.21. The second-order valence-corrected chi connectivity index (χ2v) is 7.09. The Bertz CT molecular complexity index is 528. The molecule has 0 atom stereocenters. The minimum atomic E-state index is 0.323. The van der Waals surface area contributed by atoms with E-state index in [-0.39, 0.29) is 0 Å². The number of carbonyl (C=O) groups excluding carboxylic acids is 1. The first-order valence-electron chi connectivity index (χ1n) is 6.99. The average molecular weight is 290 g/mol. The molecule has 1 aliphatic rings. The van der Waals surface area contributed by atoms with Crippen LogP contribution in [0.25, 0.3) is 0 Å². The lowest BCUT2D eigenvalue weighted by molar-refractivity contribution is 0.0986. The highest BCUT2D eigenvalue weighted by molar-refractivity contribution is 7.14. The summed E-state index contributed by atoms with van der Waals surface area (Å²) < 4.78 is 0. The maximum atomic E-state index is 12.3. The zero-order valence-electron chi connectivity index (χ0n) is 11.0. The fraction of sp³-hybridized carbons (Fsp3) is 0.438. The summed E-state index contributed by atoms with van der Waals surface area (Å²) in [7, 11) is 0. The molecule has 0 bridgehead atoms. The molecule has 2 heterocycles. The van der Waals surface area contributed by atoms with Crippen molar-refractivity contribution in [3.8, 4) is 0 Å². The van der Waals surface area contributed by atoms with E-state index in [1.54, 1.807) is 22.7 Å². The van der Waals surface area contributed by atoms with Crippen molar-refractivity contribution in [1.29, 1.82) is 0 Å². The van der Waals surface area contributed by atoms with E-state index >= 15 is 0 Å². The summed E-state index contributed by atoms with van der Waals surface area (Å²) in [6.45, 7) is 0. The van der Waals surface area contributed by atoms with E-state index in [1.165, 1.54) is 48.1 Å². The maximum absolute atomic E-state index is 12.3. The lowest BCUT2D eigenvalue weighted by Crippen LogP contribution is -1.98. The molecule has 2 aromatic heterocycles. The zero-order valence-corrected chi connectivity index (χ0v) is 12.6. The Labute approximate surface area is 122 Å². The Morgan fingerprint density at radius 2 is 2.11 bits per heavy atom. The number of fused-ring (bicyclic) bond motifs is 1. The SMILES string of the molecule is O=C(CCc1ccsc1)c1cc2c(s1)CCCCC2. The second-order valence-electron chi connectivity index (χ2n) is 5.17. The Morgan fingerprint density at radius 1 is 1.21 bits per heavy atom. The molecule has 0 radical (unpaired) electrons. The van der Waals surface area contributed by atoms with Gasteiger partial charge in [-0.25, -0.2) is 0 Å². The van der Waals surface area contributed by atoms with E-state index in [4.69, 9.17) is 0 Å². The van der Waals surface area contributed by atoms with Crippen LogP contribution in [0.4, 0.5) is 0 Å². The number of Topliss-reactive ketones (excluding diaryl/α,β-unsaturated/α-hetero) is 1. The highest BCUT2D eigenvalue weighted by atomic mass is 32.1. The van der Waals surface area contributed by atoms with E-state index in [0.29, 0.717) is 12.2 Å². The summed E-state index contributed by atoms with van der Waals surface area (Å²) in [6, 6.07) is 4.28. The minimum absolute atomic E-state index is 0.323. The van der Waals surface area contributed by atoms with Gasteiger partial charge in [0.2, 0.25) is 0 Å². The molecule has 0 saturated carbocycles. The van der Waals surface area contributed by atoms with Gasteiger partial charge in [0.1, 0.15) is 0 Å². The maximum Gasteiger partial charge on any atom is 0.173 e. The second kappa shape index (κ2) is 6.02. The molecule has 0 aromatic carbocycles. The van der Waals surface area contributed by atoms with Crippen molar-refractivity contribution in [2.24, 2.45) is 0 Å². The Balaban J connectivity index is 1.66. The topological polar surface area (TPSA) is 17.1 Å². The van der Waals surface area contributed by atoms with Gasteiger partial charge in [0.15, 0.2) is 5.78 Å². The van der Waals surface area contributed by atoms with E-state index in [9.17, 15) is 4.79 Å². The molecule has 3 heteroatoms. The number of thiophene rings is 2. The highest BCUT2D eigenvalue weighted by Crippen LogP contribution is 2.29. The molecular weight excluding hydrogens is 272 g/mol. The van der Waals surface area contributed by atoms with Crippen LogP contribution in [0.5, 0.6) is 0 Å². The fourth-order valence-electron chi connectivity index (χ4n) is 2.62. The van der Waals surface area contributed by atoms with Crippen LogP contribution in [0.1, 0.15) is 51.4 Å². The first kappa shape index (κ1) is 13.1. The summed E-state index contributed by atoms with van der Waals surface area (Å²) in [4.78, 5) is 14.7. The van der Waals surface area contributed by atoms with Crippen LogP contribution in [0.3, 0.4) is 0 Å². The van der Waals surface area contributed by atoms with Crippen LogP contribution in [0, 0.1) is 0 Å². The number of hydrogen-bond donors (Lipinski definition) is 0. The zero-order chi connectivity index (χ0) is 13.1. The smallest absolute Gasteiger partial charge is 0.173 e. The molecule has 1 nitrogen and oxygen atoms in total. The first-order valence-corrected chi connectivity index (χ1v) is 8.75. The molecule has 0 amide bonds. The molecule has 0 N–H and O–H groups in total. The summed E-state index contributed by atoms with van der Waals surface area (Å²) in [5.74, 6) is 0.323. The van der Waals surface area contributed by atoms with Crippen molar-refractivity contribution in [1.82, 2.24) is 0 Å². The molecule has 0 saturated heterocycles. The van der Waals surface area contributed by atoms with Crippen molar-refractivity contribution < 1.29 is 4.79 Å². The Morgan fingerprint density at radius 3 is 2.95 bits per heavy atom. The normalized spacial score (nSPS) is 14.9. The number of carbonyl (C=O) groups is 1. The largest absolute Gasteiger partial charge is 0.293 e. The van der Waals surface area contributed by atoms with Crippen molar-refractivity contribution in [2.75, 3.05) is 0 Å². The standard InChI is InChI=1S/C16H18OS2/c17-14(7-6-12-8-9-18-11-12)16-10-13-4-2-1-3-5-15(13)19-16/h8-11H,1-7H2. The van der Waals surface area contributed by atoms with Gasteiger partial charge in [-0.05, 0) is 66.1 Å². The first-order chi connectivity index (χ1) is 9.33. The van der Waals surface area contributed by atoms with Gasteiger partial charge in [0.05, 0.1) is 4.88 Å². The van der Waals surface area contributed by atoms with E-state index < -0.39 is 0 Å². The van der Waals surface area contributed by atoms with E-state index in [2.05, 4.69) is 22.9 Å². The molecule has 0 unspecified atom stereocenters. The third-order valence-electron chi connectivity index (χ3n) is 3.74. The van der Waals surface area contributed by atoms with Crippen LogP contribution < -0.4 is 0 Å². The third kappa shape index (κ3) is 3.15. The fourth-order valence-corrected chi connectivity index (χ4v) is 4.54. The average Bonchev–Trinajstić information content (AvgIpc) is 3.02. The lowest BCUT2D eigenvalue weighted by atomic mass is 10.1. The van der Waals surface area contributed by atoms with Crippen LogP contribution >= 0.6 is 22.7 Å². The molecule has 0 aliphatic heterocycles. The van der Waals surface area contributed by atoms with Crippen LogP contribution in [-0.2, 0) is 19.3 Å². The van der Waals surface area contributed by atoms with Crippen molar-refractivity contribution >= 4 is 28.5 Å². The minimum Gasteiger partial charge on any atom is -0.293 e. The molecule has 0 fully saturated rings. The van der Waals surface area contributed by atoms with Crippen molar-refractivity contribution in [3.05, 3.63) is 43.8 Å². The number of rotatable bonds is 4. The van der Waals surface area contributed by atoms with Gasteiger partial charge in [-0.1, -0.05) is 6.42 Å². The van der Waals surface area contributed by atoms with E-state index in [0.717, 1.165) is 11.3 Å². The lowest BCUT2D eigenvalue weighted by Gasteiger charge is -1.97. The molecule has 100 valence electrons. The molecule has 0 spiro atoms. The molecule has 1 aliphatic carbocycles. The van der Waals surface area contributed by atoms with Gasteiger partial charge in [-0.3, -0.25) is 4.79 Å². The summed E-state index contributed by atoms with van der Waals surface area (Å²) in [6.07, 6.45) is 7.79. The molecular formula is C16H18OS2. The summed E-state index contributed by atoms with van der Waals surface area (Å²) in [5.41, 5.74) is 2.73. The molecule has 2 aromatic rings. The van der Waals surface area contributed by atoms with Gasteiger partial charge in [-0.15, -0.1) is 11.3 Å². The number of aryl methyl sites for hydroxylation is 3. The van der Waals surface area contributed by atoms with Crippen LogP contribution in [0.2, 0.25) is 0 Å². The van der Waals surface area contributed by atoms with Gasteiger partial charge >= 0.3 is 0 Å². The van der Waals surface area contributed by atoms with Crippen LogP contribution in [-0.4, -0.2) is 5.78 Å². The molecule has 3 rings (SSSR count). The Kier molecular flexibility index (Phi) is 4.14. The monoisotopic (exact) mass is 290 g/mol. The quantitative estimate of drug-likeness (QED) is 0.578. The predicted molar refractivity (Wildman–Crippen MR) is 82.5 cm³/mol. The van der Waals surface area contributed by atoms with Gasteiger partial charge in [-0.2, -0.15) is 11.3 Å². The third-order valence-corrected chi connectivity index (χ3v) is 5.75. The van der Waals surface area contributed by atoms with Gasteiger partial charge in [0, 0.05) is 11.3 Å². The molecule has 19 heavy (non-hydrogen) atoms. The number of ketones is 1. The Hall–Kier alpha value is -0.930. The van der Waals surface area contributed by atoms with Crippen molar-refractivity contribution in [3.63, 3.8) is 0 Å². The van der Waals surface area contributed by atoms with Gasteiger partial charge in [0.25, 0.3) is 0 Å². The van der Waals surface area contributed by atoms with Crippen LogP contribution in [0.15, 0.2) is 22.9 Å². The van der Waals surface area contributed by atoms with E-state index in [1.807, 2.05) is 0 Å². The van der Waals surface area contributed by atoms with Gasteiger partial charge < -0.3 is 0 Å². The van der Waals surface area contributed by atoms with Crippen molar-refractivity contribution in [2.45, 2.75) is 44.9 Å². The highest BCUT2D eigenvalue weighted by Gasteiger charge is 2.16. The number of hydrogen-bond acceptors (Lipinski definition) is 3. The summed E-state index contributed by atoms with van der Waals surface area (Å²) >= 11 is 3.45. The predicted octanol–water partition coefficient (Wildman–Crippen LogP) is 4.89.